The van der Waals surface area contributed by atoms with Crippen molar-refractivity contribution in [3.05, 3.63) is 60.2 Å². The van der Waals surface area contributed by atoms with E-state index in [1.54, 1.807) is 46.8 Å². The maximum Gasteiger partial charge on any atom is 0.262 e. The molecule has 0 heterocycles. The van der Waals surface area contributed by atoms with E-state index in [0.717, 1.165) is 0 Å². The highest BCUT2D eigenvalue weighted by Gasteiger charge is 2.42. The van der Waals surface area contributed by atoms with Crippen LogP contribution in [0.1, 0.15) is 31.2 Å². The zero-order valence-electron chi connectivity index (χ0n) is 21.5. The highest BCUT2D eigenvalue weighted by molar-refractivity contribution is 7.89. The molecule has 2 aromatic carbocycles. The molecule has 2 aromatic rings. The second kappa shape index (κ2) is 13.0. The number of ether oxygens (including phenoxy) is 1. The fourth-order valence-corrected chi connectivity index (χ4v) is 6.40. The van der Waals surface area contributed by atoms with Crippen LogP contribution in [0.4, 0.5) is 0 Å². The summed E-state index contributed by atoms with van der Waals surface area (Å²) >= 11 is 0. The van der Waals surface area contributed by atoms with Gasteiger partial charge in [-0.25, -0.2) is 13.9 Å². The summed E-state index contributed by atoms with van der Waals surface area (Å²) in [5.74, 6) is -0.710. The minimum atomic E-state index is -4.14. The lowest BCUT2D eigenvalue weighted by atomic mass is 9.81. The molecule has 1 aliphatic carbocycles. The number of hydrogen-bond acceptors (Lipinski definition) is 7. The molecule has 0 spiro atoms. The largest absolute Gasteiger partial charge is 0.497 e. The SMILES string of the molecule is COc1ccc(S(=O)(=O)N(Cc2ccccc2)[C@@H](C(=O)NO)C2CCC(NC(=O)CN(C)C)CC2)cc1. The third kappa shape index (κ3) is 7.51. The van der Waals surface area contributed by atoms with Crippen molar-refractivity contribution in [3.8, 4) is 5.75 Å². The maximum absolute atomic E-state index is 13.9. The first-order valence-corrected chi connectivity index (χ1v) is 13.7. The van der Waals surface area contributed by atoms with Crippen molar-refractivity contribution in [3.63, 3.8) is 0 Å². The molecule has 3 rings (SSSR count). The number of amides is 2. The maximum atomic E-state index is 13.9. The van der Waals surface area contributed by atoms with Crippen molar-refractivity contribution in [1.29, 1.82) is 0 Å². The molecule has 202 valence electrons. The number of rotatable bonds is 11. The number of carbonyl (C=O) groups is 2. The van der Waals surface area contributed by atoms with Gasteiger partial charge in [-0.15, -0.1) is 0 Å². The van der Waals surface area contributed by atoms with Gasteiger partial charge in [0.05, 0.1) is 18.6 Å². The molecule has 0 aliphatic heterocycles. The van der Waals surface area contributed by atoms with Crippen molar-refractivity contribution < 1.29 is 28.0 Å². The molecule has 1 aliphatic rings. The molecule has 1 atom stereocenters. The van der Waals surface area contributed by atoms with Crippen LogP contribution in [-0.2, 0) is 26.2 Å². The van der Waals surface area contributed by atoms with E-state index in [1.807, 2.05) is 20.2 Å². The lowest BCUT2D eigenvalue weighted by Crippen LogP contribution is -2.54. The summed E-state index contributed by atoms with van der Waals surface area (Å²) < 4.78 is 34.2. The molecule has 1 saturated carbocycles. The van der Waals surface area contributed by atoms with E-state index in [1.165, 1.54) is 23.5 Å². The molecule has 0 bridgehead atoms. The van der Waals surface area contributed by atoms with Gasteiger partial charge in [0.15, 0.2) is 0 Å². The summed E-state index contributed by atoms with van der Waals surface area (Å²) in [6.07, 6.45) is 2.21. The van der Waals surface area contributed by atoms with E-state index in [9.17, 15) is 23.2 Å². The number of carbonyl (C=O) groups excluding carboxylic acids is 2. The van der Waals surface area contributed by atoms with E-state index >= 15 is 0 Å². The number of nitrogens with zero attached hydrogens (tertiary/aromatic N) is 2. The number of benzene rings is 2. The van der Waals surface area contributed by atoms with Gasteiger partial charge in [-0.1, -0.05) is 30.3 Å². The number of hydrogen-bond donors (Lipinski definition) is 3. The summed E-state index contributed by atoms with van der Waals surface area (Å²) in [6, 6.07) is 13.8. The highest BCUT2D eigenvalue weighted by atomic mass is 32.2. The Morgan fingerprint density at radius 3 is 2.19 bits per heavy atom. The third-order valence-corrected chi connectivity index (χ3v) is 8.42. The smallest absolute Gasteiger partial charge is 0.262 e. The zero-order valence-corrected chi connectivity index (χ0v) is 22.3. The van der Waals surface area contributed by atoms with Gasteiger partial charge in [0.25, 0.3) is 5.91 Å². The number of methoxy groups -OCH3 is 1. The first kappa shape index (κ1) is 28.6. The molecule has 1 fully saturated rings. The Balaban J connectivity index is 1.90. The standard InChI is InChI=1S/C26H36N4O6S/c1-29(2)18-24(31)27-21-11-9-20(10-12-21)25(26(32)28-33)30(17-19-7-5-4-6-8-19)37(34,35)23-15-13-22(36-3)14-16-23/h4-8,13-16,20-21,25,33H,9-12,17-18H2,1-3H3,(H,27,31)(H,28,32)/t20?,21?,25-/m1/s1. The number of nitrogens with one attached hydrogen (secondary N) is 2. The minimum absolute atomic E-state index is 0.0182. The normalized spacial score (nSPS) is 18.9. The van der Waals surface area contributed by atoms with E-state index < -0.39 is 22.0 Å². The fourth-order valence-electron chi connectivity index (χ4n) is 4.77. The van der Waals surface area contributed by atoms with E-state index in [0.29, 0.717) is 37.0 Å². The summed E-state index contributed by atoms with van der Waals surface area (Å²) in [6.45, 7) is 0.229. The van der Waals surface area contributed by atoms with Gasteiger partial charge in [0.2, 0.25) is 15.9 Å². The predicted molar refractivity (Wildman–Crippen MR) is 138 cm³/mol. The van der Waals surface area contributed by atoms with Gasteiger partial charge in [-0.3, -0.25) is 14.8 Å². The summed E-state index contributed by atoms with van der Waals surface area (Å²) in [4.78, 5) is 27.0. The molecule has 37 heavy (non-hydrogen) atoms. The molecular formula is C26H36N4O6S. The number of sulfonamides is 1. The summed E-state index contributed by atoms with van der Waals surface area (Å²) in [5.41, 5.74) is 2.40. The monoisotopic (exact) mass is 532 g/mol. The van der Waals surface area contributed by atoms with Crippen molar-refractivity contribution in [2.45, 2.75) is 49.2 Å². The summed E-state index contributed by atoms with van der Waals surface area (Å²) in [5, 5.41) is 12.6. The van der Waals surface area contributed by atoms with Crippen LogP contribution >= 0.6 is 0 Å². The van der Waals surface area contributed by atoms with Crippen molar-refractivity contribution >= 4 is 21.8 Å². The molecule has 0 unspecified atom stereocenters. The lowest BCUT2D eigenvalue weighted by molar-refractivity contribution is -0.136. The number of hydroxylamine groups is 1. The zero-order chi connectivity index (χ0) is 27.0. The summed E-state index contributed by atoms with van der Waals surface area (Å²) in [7, 11) is 0.986. The minimum Gasteiger partial charge on any atom is -0.497 e. The second-order valence-corrected chi connectivity index (χ2v) is 11.4. The quantitative estimate of drug-likeness (QED) is 0.298. The highest BCUT2D eigenvalue weighted by Crippen LogP contribution is 2.34. The topological polar surface area (TPSA) is 128 Å². The Hall–Kier alpha value is -2.99. The molecule has 11 heteroatoms. The van der Waals surface area contributed by atoms with Crippen molar-refractivity contribution in [2.24, 2.45) is 5.92 Å². The van der Waals surface area contributed by atoms with Crippen LogP contribution in [0.3, 0.4) is 0 Å². The van der Waals surface area contributed by atoms with Crippen LogP contribution in [0, 0.1) is 5.92 Å². The van der Waals surface area contributed by atoms with Crippen LogP contribution < -0.4 is 15.5 Å². The molecular weight excluding hydrogens is 496 g/mol. The van der Waals surface area contributed by atoms with E-state index in [-0.39, 0.29) is 35.9 Å². The molecule has 0 aromatic heterocycles. The molecule has 2 amide bonds. The van der Waals surface area contributed by atoms with Crippen LogP contribution in [-0.4, -0.2) is 74.5 Å². The van der Waals surface area contributed by atoms with Gasteiger partial charge in [0.1, 0.15) is 11.8 Å². The molecule has 0 saturated heterocycles. The molecule has 10 nitrogen and oxygen atoms in total. The fraction of sp³-hybridized carbons (Fsp3) is 0.462. The first-order valence-electron chi connectivity index (χ1n) is 12.2. The van der Waals surface area contributed by atoms with E-state index in [4.69, 9.17) is 4.74 Å². The molecule has 3 N–H and O–H groups in total. The Bertz CT molecular complexity index is 1130. The second-order valence-electron chi connectivity index (χ2n) is 9.55. The lowest BCUT2D eigenvalue weighted by Gasteiger charge is -2.38. The Morgan fingerprint density at radius 1 is 1.03 bits per heavy atom. The van der Waals surface area contributed by atoms with Crippen molar-refractivity contribution in [2.75, 3.05) is 27.7 Å². The average molecular weight is 533 g/mol. The average Bonchev–Trinajstić information content (AvgIpc) is 2.89. The predicted octanol–water partition coefficient (Wildman–Crippen LogP) is 2.00. The first-order chi connectivity index (χ1) is 17.6. The van der Waals surface area contributed by atoms with Gasteiger partial charge < -0.3 is 15.0 Å². The van der Waals surface area contributed by atoms with Crippen LogP contribution in [0.15, 0.2) is 59.5 Å². The van der Waals surface area contributed by atoms with Gasteiger partial charge >= 0.3 is 0 Å². The van der Waals surface area contributed by atoms with Gasteiger partial charge in [-0.05, 0) is 75.5 Å². The van der Waals surface area contributed by atoms with Crippen molar-refractivity contribution in [1.82, 2.24) is 20.0 Å². The Kier molecular flexibility index (Phi) is 10.0. The van der Waals surface area contributed by atoms with Crippen LogP contribution in [0.5, 0.6) is 5.75 Å². The Labute approximate surface area is 218 Å². The van der Waals surface area contributed by atoms with Gasteiger partial charge in [-0.2, -0.15) is 4.31 Å². The van der Waals surface area contributed by atoms with Crippen LogP contribution in [0.2, 0.25) is 0 Å². The third-order valence-electron chi connectivity index (χ3n) is 6.58. The van der Waals surface area contributed by atoms with Gasteiger partial charge in [0, 0.05) is 12.6 Å². The number of likely N-dealkylation sites (N-methyl/N-ethyl adjacent to an activating group) is 1. The molecule has 0 radical (unpaired) electrons. The Morgan fingerprint density at radius 2 is 1.65 bits per heavy atom. The van der Waals surface area contributed by atoms with Crippen LogP contribution in [0.25, 0.3) is 0 Å². The van der Waals surface area contributed by atoms with E-state index in [2.05, 4.69) is 5.32 Å².